The van der Waals surface area contributed by atoms with Gasteiger partial charge >= 0.3 is 12.2 Å². The van der Waals surface area contributed by atoms with E-state index >= 15 is 0 Å². The standard InChI is InChI=1S/C30H34F3N7O3/c1-2-27(41)40-14-13-39(16-20(40)8-10-34)28-21-9-12-38(24-7-4-3-6-22(24)30(31,32)33)17-23(21)35-29(36-28)42-15-5-11-37-18-26-25(37)19-43-26/h2-4,6-7,20,25-26H,1,5,8-9,11-19H2/t20?,25-,26?/m0/s1. The maximum atomic E-state index is 13.8. The summed E-state index contributed by atoms with van der Waals surface area (Å²) in [5.74, 6) is 0.421. The van der Waals surface area contributed by atoms with Gasteiger partial charge in [0.1, 0.15) is 5.82 Å². The first kappa shape index (κ1) is 29.2. The summed E-state index contributed by atoms with van der Waals surface area (Å²) in [6.45, 7) is 8.34. The molecule has 0 aliphatic carbocycles. The Morgan fingerprint density at radius 3 is 2.72 bits per heavy atom. The van der Waals surface area contributed by atoms with Crippen LogP contribution < -0.4 is 14.5 Å². The van der Waals surface area contributed by atoms with E-state index in [1.54, 1.807) is 15.9 Å². The van der Waals surface area contributed by atoms with Gasteiger partial charge in [0, 0.05) is 50.5 Å². The number of para-hydroxylation sites is 1. The van der Waals surface area contributed by atoms with Gasteiger partial charge in [0.25, 0.3) is 0 Å². The second-order valence-corrected chi connectivity index (χ2v) is 11.3. The Morgan fingerprint density at radius 1 is 1.19 bits per heavy atom. The van der Waals surface area contributed by atoms with Crippen LogP contribution in [0.2, 0.25) is 0 Å². The molecular formula is C30H34F3N7O3. The largest absolute Gasteiger partial charge is 0.463 e. The number of anilines is 2. The first-order valence-electron chi connectivity index (χ1n) is 14.6. The lowest BCUT2D eigenvalue weighted by Gasteiger charge is -2.55. The predicted molar refractivity (Wildman–Crippen MR) is 152 cm³/mol. The number of nitriles is 1. The van der Waals surface area contributed by atoms with E-state index in [4.69, 9.17) is 19.4 Å². The molecule has 13 heteroatoms. The highest BCUT2D eigenvalue weighted by atomic mass is 19.4. The molecule has 5 heterocycles. The number of hydrogen-bond acceptors (Lipinski definition) is 9. The number of alkyl halides is 3. The van der Waals surface area contributed by atoms with Crippen molar-refractivity contribution in [1.29, 1.82) is 5.26 Å². The van der Waals surface area contributed by atoms with E-state index in [9.17, 15) is 23.2 Å². The minimum absolute atomic E-state index is 0.113. The molecule has 228 valence electrons. The third-order valence-electron chi connectivity index (χ3n) is 8.75. The van der Waals surface area contributed by atoms with Crippen LogP contribution in [0, 0.1) is 11.3 Å². The summed E-state index contributed by atoms with van der Waals surface area (Å²) in [7, 11) is 0. The van der Waals surface area contributed by atoms with Gasteiger partial charge in [-0.25, -0.2) is 0 Å². The van der Waals surface area contributed by atoms with Crippen LogP contribution in [-0.2, 0) is 28.7 Å². The van der Waals surface area contributed by atoms with Gasteiger partial charge in [-0.15, -0.1) is 0 Å². The van der Waals surface area contributed by atoms with E-state index in [0.29, 0.717) is 62.9 Å². The molecule has 2 unspecified atom stereocenters. The smallest absolute Gasteiger partial charge is 0.418 e. The van der Waals surface area contributed by atoms with Gasteiger partial charge in [-0.2, -0.15) is 28.4 Å². The van der Waals surface area contributed by atoms with Crippen LogP contribution in [-0.4, -0.2) is 96.3 Å². The molecule has 1 amide bonds. The van der Waals surface area contributed by atoms with Crippen LogP contribution in [0.5, 0.6) is 6.01 Å². The zero-order valence-corrected chi connectivity index (χ0v) is 23.8. The molecule has 2 aromatic rings. The number of morpholine rings is 1. The quantitative estimate of drug-likeness (QED) is 0.319. The fourth-order valence-electron chi connectivity index (χ4n) is 6.39. The average molecular weight is 598 g/mol. The molecule has 0 spiro atoms. The number of nitrogens with zero attached hydrogens (tertiary/aromatic N) is 7. The highest BCUT2D eigenvalue weighted by Gasteiger charge is 2.46. The Hall–Kier alpha value is -3.89. The van der Waals surface area contributed by atoms with Crippen molar-refractivity contribution < 1.29 is 27.4 Å². The summed E-state index contributed by atoms with van der Waals surface area (Å²) in [5.41, 5.74) is 0.893. The maximum Gasteiger partial charge on any atom is 0.418 e. The molecular weight excluding hydrogens is 563 g/mol. The molecule has 0 saturated carbocycles. The highest BCUT2D eigenvalue weighted by Crippen LogP contribution is 2.39. The molecule has 4 aliphatic heterocycles. The van der Waals surface area contributed by atoms with Crippen molar-refractivity contribution in [3.63, 3.8) is 0 Å². The van der Waals surface area contributed by atoms with E-state index in [-0.39, 0.29) is 36.6 Å². The molecule has 0 radical (unpaired) electrons. The number of benzene rings is 1. The van der Waals surface area contributed by atoms with Crippen molar-refractivity contribution in [1.82, 2.24) is 19.8 Å². The van der Waals surface area contributed by atoms with Gasteiger partial charge in [0.15, 0.2) is 0 Å². The maximum absolute atomic E-state index is 13.8. The van der Waals surface area contributed by atoms with Crippen LogP contribution in [0.3, 0.4) is 0 Å². The van der Waals surface area contributed by atoms with Crippen LogP contribution in [0.1, 0.15) is 29.7 Å². The summed E-state index contributed by atoms with van der Waals surface area (Å²) in [4.78, 5) is 29.7. The minimum Gasteiger partial charge on any atom is -0.463 e. The van der Waals surface area contributed by atoms with Crippen molar-refractivity contribution >= 4 is 17.4 Å². The molecule has 3 fully saturated rings. The fourth-order valence-corrected chi connectivity index (χ4v) is 6.39. The van der Waals surface area contributed by atoms with Crippen LogP contribution in [0.25, 0.3) is 0 Å². The molecule has 4 aliphatic rings. The Balaban J connectivity index is 1.25. The van der Waals surface area contributed by atoms with E-state index in [1.165, 1.54) is 18.2 Å². The molecule has 10 nitrogen and oxygen atoms in total. The second-order valence-electron chi connectivity index (χ2n) is 11.3. The van der Waals surface area contributed by atoms with Gasteiger partial charge in [-0.1, -0.05) is 18.7 Å². The lowest BCUT2D eigenvalue weighted by atomic mass is 9.95. The third-order valence-corrected chi connectivity index (χ3v) is 8.75. The van der Waals surface area contributed by atoms with Crippen molar-refractivity contribution in [2.45, 2.75) is 50.2 Å². The number of likely N-dealkylation sites (tertiary alicyclic amines) is 1. The summed E-state index contributed by atoms with van der Waals surface area (Å²) in [5, 5.41) is 9.44. The summed E-state index contributed by atoms with van der Waals surface area (Å²) >= 11 is 0. The van der Waals surface area contributed by atoms with Gasteiger partial charge in [-0.3, -0.25) is 9.69 Å². The van der Waals surface area contributed by atoms with E-state index in [0.717, 1.165) is 37.7 Å². The van der Waals surface area contributed by atoms with Crippen molar-refractivity contribution in [2.24, 2.45) is 0 Å². The first-order valence-corrected chi connectivity index (χ1v) is 14.6. The average Bonchev–Trinajstić information content (AvgIpc) is 2.99. The van der Waals surface area contributed by atoms with Gasteiger partial charge < -0.3 is 24.2 Å². The number of halogens is 3. The molecule has 3 atom stereocenters. The molecule has 0 N–H and O–H groups in total. The topological polar surface area (TPSA) is 98.1 Å². The number of piperazine rings is 1. The lowest BCUT2D eigenvalue weighted by Crippen LogP contribution is -2.70. The Bertz CT molecular complexity index is 1410. The van der Waals surface area contributed by atoms with E-state index in [2.05, 4.69) is 17.5 Å². The van der Waals surface area contributed by atoms with E-state index in [1.807, 2.05) is 4.90 Å². The zero-order chi connectivity index (χ0) is 30.1. The summed E-state index contributed by atoms with van der Waals surface area (Å²) in [6, 6.07) is 8.09. The number of aromatic nitrogens is 2. The highest BCUT2D eigenvalue weighted by molar-refractivity contribution is 5.87. The number of carbonyl (C=O) groups excluding carboxylic acids is 1. The summed E-state index contributed by atoms with van der Waals surface area (Å²) < 4.78 is 53.0. The number of carbonyl (C=O) groups is 1. The van der Waals surface area contributed by atoms with Crippen LogP contribution in [0.4, 0.5) is 24.7 Å². The monoisotopic (exact) mass is 597 g/mol. The Morgan fingerprint density at radius 2 is 2.02 bits per heavy atom. The first-order chi connectivity index (χ1) is 20.8. The number of hydrogen-bond donors (Lipinski definition) is 0. The number of amides is 1. The normalized spacial score (nSPS) is 23.4. The van der Waals surface area contributed by atoms with Crippen LogP contribution >= 0.6 is 0 Å². The molecule has 1 aromatic heterocycles. The van der Waals surface area contributed by atoms with Crippen molar-refractivity contribution in [2.75, 3.05) is 62.3 Å². The number of fused-ring (bicyclic) bond motifs is 2. The van der Waals surface area contributed by atoms with Gasteiger partial charge in [0.2, 0.25) is 5.91 Å². The van der Waals surface area contributed by atoms with Gasteiger partial charge in [-0.05, 0) is 31.1 Å². The Labute approximate surface area is 248 Å². The molecule has 1 aromatic carbocycles. The fraction of sp³-hybridized carbons (Fsp3) is 0.533. The van der Waals surface area contributed by atoms with Crippen molar-refractivity contribution in [3.05, 3.63) is 53.7 Å². The molecule has 0 bridgehead atoms. The molecule has 43 heavy (non-hydrogen) atoms. The van der Waals surface area contributed by atoms with Crippen LogP contribution in [0.15, 0.2) is 36.9 Å². The Kier molecular flexibility index (Phi) is 8.15. The zero-order valence-electron chi connectivity index (χ0n) is 23.8. The predicted octanol–water partition coefficient (Wildman–Crippen LogP) is 3.03. The van der Waals surface area contributed by atoms with E-state index < -0.39 is 11.7 Å². The summed E-state index contributed by atoms with van der Waals surface area (Å²) in [6.07, 6.45) is -1.50. The molecule has 3 saturated heterocycles. The number of ether oxygens (including phenoxy) is 2. The van der Waals surface area contributed by atoms with Crippen molar-refractivity contribution in [3.8, 4) is 12.1 Å². The molecule has 6 rings (SSSR count). The second kappa shape index (κ2) is 12.0. The minimum atomic E-state index is -4.48. The van der Waals surface area contributed by atoms with Gasteiger partial charge in [0.05, 0.1) is 61.7 Å². The third kappa shape index (κ3) is 5.86. The SMILES string of the molecule is C=CC(=O)N1CCN(c2nc(OCCCN3CC4OC[C@@H]43)nc3c2CCN(c2ccccc2C(F)(F)F)C3)CC1CC#N. The lowest BCUT2D eigenvalue weighted by molar-refractivity contribution is -0.214. The number of rotatable bonds is 9.